The van der Waals surface area contributed by atoms with Crippen LogP contribution in [0, 0.1) is 5.41 Å². The van der Waals surface area contributed by atoms with Gasteiger partial charge in [0.05, 0.1) is 0 Å². The first-order valence-corrected chi connectivity index (χ1v) is 17.4. The van der Waals surface area contributed by atoms with Crippen LogP contribution >= 0.6 is 0 Å². The highest BCUT2D eigenvalue weighted by Gasteiger charge is 2.34. The molecule has 0 aromatic carbocycles. The summed E-state index contributed by atoms with van der Waals surface area (Å²) in [5, 5.41) is 0. The molecule has 4 nitrogen and oxygen atoms in total. The maximum atomic E-state index is 6.13. The van der Waals surface area contributed by atoms with Gasteiger partial charge in [-0.1, -0.05) is 48.5 Å². The van der Waals surface area contributed by atoms with Crippen LogP contribution in [0.3, 0.4) is 0 Å². The molecule has 0 radical (unpaired) electrons. The summed E-state index contributed by atoms with van der Waals surface area (Å²) in [6, 6.07) is 2.56. The third-order valence-corrected chi connectivity index (χ3v) is 12.4. The van der Waals surface area contributed by atoms with Gasteiger partial charge in [0.25, 0.3) is 0 Å². The van der Waals surface area contributed by atoms with E-state index in [4.69, 9.17) is 4.43 Å². The molecule has 5 heteroatoms. The minimum absolute atomic E-state index is 0.482. The first kappa shape index (κ1) is 33.1. The molecule has 0 saturated carbocycles. The molecule has 1 atom stereocenters. The van der Waals surface area contributed by atoms with E-state index >= 15 is 0 Å². The van der Waals surface area contributed by atoms with Gasteiger partial charge in [0.2, 0.25) is 0 Å². The average Bonchev–Trinajstić information content (AvgIpc) is 2.85. The van der Waals surface area contributed by atoms with Crippen LogP contribution in [-0.4, -0.2) is 89.0 Å². The van der Waals surface area contributed by atoms with Gasteiger partial charge in [-0.15, -0.1) is 0 Å². The third kappa shape index (κ3) is 13.7. The Kier molecular flexibility index (Phi) is 19.3. The molecule has 0 aromatic heterocycles. The lowest BCUT2D eigenvalue weighted by Gasteiger charge is -2.39. The SMILES string of the molecule is CCN(CC)CCCC(CCCN(CC)CC)(CCCN(CC)CC)CC[Si](C)(CC)OC. The molecule has 33 heavy (non-hydrogen) atoms. The predicted molar refractivity (Wildman–Crippen MR) is 152 cm³/mol. The standard InChI is InChI=1S/C28H63N3OSi/c1-10-29(11-2)24-17-20-28(21-18-25-30(12-3)13-4,22-19-26-31(14-5)15-6)23-27-33(9,16-7)32-8/h10-27H2,1-9H3. The van der Waals surface area contributed by atoms with Crippen molar-refractivity contribution in [2.75, 3.05) is 66.0 Å². The average molecular weight is 486 g/mol. The second kappa shape index (κ2) is 19.3. The van der Waals surface area contributed by atoms with Gasteiger partial charge in [0.1, 0.15) is 0 Å². The molecule has 1 unspecified atom stereocenters. The van der Waals surface area contributed by atoms with Crippen molar-refractivity contribution in [2.45, 2.75) is 112 Å². The first-order valence-electron chi connectivity index (χ1n) is 14.5. The van der Waals surface area contributed by atoms with E-state index in [0.717, 1.165) is 0 Å². The van der Waals surface area contributed by atoms with Crippen molar-refractivity contribution >= 4 is 8.32 Å². The Bertz CT molecular complexity index is 387. The fourth-order valence-electron chi connectivity index (χ4n) is 5.36. The minimum atomic E-state index is -1.56. The fourth-order valence-corrected chi connectivity index (χ4v) is 7.26. The maximum Gasteiger partial charge on any atom is 0.188 e. The van der Waals surface area contributed by atoms with Crippen LogP contribution in [0.5, 0.6) is 0 Å². The summed E-state index contributed by atoms with van der Waals surface area (Å²) in [6.45, 7) is 29.5. The highest BCUT2D eigenvalue weighted by atomic mass is 28.4. The van der Waals surface area contributed by atoms with Crippen molar-refractivity contribution in [3.8, 4) is 0 Å². The summed E-state index contributed by atoms with van der Waals surface area (Å²) in [6.07, 6.45) is 9.56. The van der Waals surface area contributed by atoms with E-state index in [2.05, 4.69) is 69.7 Å². The van der Waals surface area contributed by atoms with E-state index in [0.29, 0.717) is 5.41 Å². The van der Waals surface area contributed by atoms with Crippen LogP contribution in [0.2, 0.25) is 18.6 Å². The summed E-state index contributed by atoms with van der Waals surface area (Å²) in [5.74, 6) is 0. The Labute approximate surface area is 210 Å². The van der Waals surface area contributed by atoms with Gasteiger partial charge >= 0.3 is 0 Å². The predicted octanol–water partition coefficient (Wildman–Crippen LogP) is 6.97. The van der Waals surface area contributed by atoms with Crippen molar-refractivity contribution in [1.29, 1.82) is 0 Å². The van der Waals surface area contributed by atoms with Crippen molar-refractivity contribution in [2.24, 2.45) is 5.41 Å². The van der Waals surface area contributed by atoms with Crippen molar-refractivity contribution < 1.29 is 4.43 Å². The molecule has 0 bridgehead atoms. The van der Waals surface area contributed by atoms with E-state index in [1.807, 2.05) is 7.11 Å². The lowest BCUT2D eigenvalue weighted by atomic mass is 9.73. The van der Waals surface area contributed by atoms with Gasteiger partial charge in [-0.2, -0.15) is 0 Å². The maximum absolute atomic E-state index is 6.13. The monoisotopic (exact) mass is 485 g/mol. The fraction of sp³-hybridized carbons (Fsp3) is 1.00. The molecule has 0 fully saturated rings. The van der Waals surface area contributed by atoms with Crippen molar-refractivity contribution in [3.05, 3.63) is 0 Å². The lowest BCUT2D eigenvalue weighted by Crippen LogP contribution is -2.36. The molecule has 200 valence electrons. The Morgan fingerprint density at radius 1 is 0.576 bits per heavy atom. The van der Waals surface area contributed by atoms with E-state index in [9.17, 15) is 0 Å². The molecular formula is C28H63N3OSi. The molecule has 0 heterocycles. The Morgan fingerprint density at radius 2 is 0.909 bits per heavy atom. The number of nitrogens with zero attached hydrogens (tertiary/aromatic N) is 3. The van der Waals surface area contributed by atoms with Gasteiger partial charge in [0.15, 0.2) is 8.32 Å². The first-order chi connectivity index (χ1) is 15.8. The summed E-state index contributed by atoms with van der Waals surface area (Å²) < 4.78 is 6.13. The van der Waals surface area contributed by atoms with E-state index in [-0.39, 0.29) is 0 Å². The molecule has 0 aliphatic heterocycles. The van der Waals surface area contributed by atoms with Crippen LogP contribution < -0.4 is 0 Å². The Morgan fingerprint density at radius 3 is 1.15 bits per heavy atom. The summed E-state index contributed by atoms with van der Waals surface area (Å²) in [5.41, 5.74) is 0.482. The van der Waals surface area contributed by atoms with Crippen LogP contribution in [0.15, 0.2) is 0 Å². The molecule has 0 aliphatic rings. The molecule has 0 aromatic rings. The van der Waals surface area contributed by atoms with Crippen molar-refractivity contribution in [1.82, 2.24) is 14.7 Å². The topological polar surface area (TPSA) is 19.0 Å². The molecule has 0 N–H and O–H groups in total. The van der Waals surface area contributed by atoms with Gasteiger partial charge in [-0.25, -0.2) is 0 Å². The molecule has 0 aliphatic carbocycles. The largest absolute Gasteiger partial charge is 0.420 e. The van der Waals surface area contributed by atoms with Gasteiger partial charge in [0, 0.05) is 7.11 Å². The molecule has 0 rings (SSSR count). The van der Waals surface area contributed by atoms with Crippen LogP contribution in [0.25, 0.3) is 0 Å². The Hall–Kier alpha value is 0.0569. The van der Waals surface area contributed by atoms with Crippen LogP contribution in [0.4, 0.5) is 0 Å². The molecular weight excluding hydrogens is 422 g/mol. The summed E-state index contributed by atoms with van der Waals surface area (Å²) in [7, 11) is 0.408. The number of hydrogen-bond donors (Lipinski definition) is 0. The van der Waals surface area contributed by atoms with Gasteiger partial charge < -0.3 is 19.1 Å². The highest BCUT2D eigenvalue weighted by Crippen LogP contribution is 2.42. The second-order valence-electron chi connectivity index (χ2n) is 10.4. The van der Waals surface area contributed by atoms with Crippen LogP contribution in [0.1, 0.15) is 93.4 Å². The molecule has 0 spiro atoms. The minimum Gasteiger partial charge on any atom is -0.420 e. The number of hydrogen-bond acceptors (Lipinski definition) is 4. The summed E-state index contributed by atoms with van der Waals surface area (Å²) in [4.78, 5) is 7.82. The zero-order chi connectivity index (χ0) is 25.2. The van der Waals surface area contributed by atoms with E-state index in [1.165, 1.54) is 116 Å². The van der Waals surface area contributed by atoms with Crippen molar-refractivity contribution in [3.63, 3.8) is 0 Å². The van der Waals surface area contributed by atoms with E-state index in [1.54, 1.807) is 0 Å². The molecule has 0 saturated heterocycles. The lowest BCUT2D eigenvalue weighted by molar-refractivity contribution is 0.155. The zero-order valence-electron chi connectivity index (χ0n) is 24.5. The van der Waals surface area contributed by atoms with Crippen LogP contribution in [-0.2, 0) is 4.43 Å². The smallest absolute Gasteiger partial charge is 0.188 e. The van der Waals surface area contributed by atoms with E-state index < -0.39 is 8.32 Å². The quantitative estimate of drug-likeness (QED) is 0.145. The Balaban J connectivity index is 5.50. The highest BCUT2D eigenvalue weighted by molar-refractivity contribution is 6.72. The van der Waals surface area contributed by atoms with Gasteiger partial charge in [-0.05, 0) is 128 Å². The molecule has 0 amide bonds. The summed E-state index contributed by atoms with van der Waals surface area (Å²) >= 11 is 0. The zero-order valence-corrected chi connectivity index (χ0v) is 25.5. The third-order valence-electron chi connectivity index (χ3n) is 8.65. The normalized spacial score (nSPS) is 14.5. The second-order valence-corrected chi connectivity index (χ2v) is 14.9. The van der Waals surface area contributed by atoms with Gasteiger partial charge in [-0.3, -0.25) is 0 Å². The number of rotatable bonds is 23.